The van der Waals surface area contributed by atoms with Gasteiger partial charge in [-0.2, -0.15) is 0 Å². The number of rotatable bonds is 6. The van der Waals surface area contributed by atoms with E-state index in [4.69, 9.17) is 19.3 Å². The number of aliphatic hydroxyl groups excluding tert-OH is 3. The van der Waals surface area contributed by atoms with Crippen LogP contribution in [-0.2, 0) is 23.9 Å². The predicted molar refractivity (Wildman–Crippen MR) is 102 cm³/mol. The van der Waals surface area contributed by atoms with Gasteiger partial charge in [0.1, 0.15) is 30.0 Å². The minimum atomic E-state index is -1.82. The van der Waals surface area contributed by atoms with Gasteiger partial charge in [-0.25, -0.2) is 4.79 Å². The Balaban J connectivity index is 1.75. The number of esters is 1. The molecule has 7 atom stereocenters. The zero-order valence-electron chi connectivity index (χ0n) is 16.7. The lowest BCUT2D eigenvalue weighted by molar-refractivity contribution is -0.271. The summed E-state index contributed by atoms with van der Waals surface area (Å²) in [4.78, 5) is 35.3. The average Bonchev–Trinajstić information content (AvgIpc) is 2.75. The largest absolute Gasteiger partial charge is 0.479 e. The molecule has 0 spiro atoms. The number of hydrogen-bond acceptors (Lipinski definition) is 9. The number of nitrogens with one attached hydrogen (secondary N) is 1. The number of carbonyl (C=O) groups is 3. The van der Waals surface area contributed by atoms with Gasteiger partial charge in [-0.3, -0.25) is 9.59 Å². The zero-order chi connectivity index (χ0) is 22.7. The first-order chi connectivity index (χ1) is 14.7. The van der Waals surface area contributed by atoms with Crippen molar-refractivity contribution in [3.05, 3.63) is 29.8 Å². The van der Waals surface area contributed by atoms with E-state index in [0.29, 0.717) is 24.8 Å². The van der Waals surface area contributed by atoms with E-state index in [1.54, 1.807) is 12.1 Å². The number of aliphatic hydroxyl groups is 3. The summed E-state index contributed by atoms with van der Waals surface area (Å²) in [6.45, 7) is 0. The maximum atomic E-state index is 12.4. The van der Waals surface area contributed by atoms with Crippen LogP contribution in [0.15, 0.2) is 24.3 Å². The molecule has 0 bridgehead atoms. The normalized spacial score (nSPS) is 31.9. The molecule has 1 aromatic carbocycles. The van der Waals surface area contributed by atoms with Crippen LogP contribution in [0.4, 0.5) is 0 Å². The Bertz CT molecular complexity index is 813. The lowest BCUT2D eigenvalue weighted by Crippen LogP contribution is -2.61. The Labute approximate surface area is 177 Å². The first-order valence-corrected chi connectivity index (χ1v) is 9.79. The molecule has 31 heavy (non-hydrogen) atoms. The van der Waals surface area contributed by atoms with Gasteiger partial charge in [-0.15, -0.1) is 0 Å². The second kappa shape index (κ2) is 9.60. The number of carboxylic acid groups (broad SMARTS) is 1. The molecule has 0 radical (unpaired) electrons. The van der Waals surface area contributed by atoms with Crippen LogP contribution in [-0.4, -0.2) is 82.1 Å². The van der Waals surface area contributed by atoms with Gasteiger partial charge in [0.25, 0.3) is 0 Å². The van der Waals surface area contributed by atoms with Crippen molar-refractivity contribution in [1.29, 1.82) is 0 Å². The SMILES string of the molecule is COC(=O)C(c1ccc(OC2OC(C(=O)O)C(O)C(O)C2O)cc1)C1CCCC(=O)N1. The maximum Gasteiger partial charge on any atom is 0.335 e. The Morgan fingerprint density at radius 2 is 1.81 bits per heavy atom. The van der Waals surface area contributed by atoms with Crippen molar-refractivity contribution in [3.63, 3.8) is 0 Å². The number of benzene rings is 1. The van der Waals surface area contributed by atoms with Crippen LogP contribution >= 0.6 is 0 Å². The number of hydrogen-bond donors (Lipinski definition) is 5. The summed E-state index contributed by atoms with van der Waals surface area (Å²) in [5, 5.41) is 41.6. The summed E-state index contributed by atoms with van der Waals surface area (Å²) in [6, 6.07) is 5.68. The number of amides is 1. The third kappa shape index (κ3) is 4.96. The van der Waals surface area contributed by atoms with Crippen LogP contribution in [0, 0.1) is 0 Å². The first kappa shape index (κ1) is 22.9. The third-order valence-corrected chi connectivity index (χ3v) is 5.43. The molecule has 2 heterocycles. The van der Waals surface area contributed by atoms with E-state index in [2.05, 4.69) is 5.32 Å². The Morgan fingerprint density at radius 1 is 1.13 bits per heavy atom. The van der Waals surface area contributed by atoms with Gasteiger partial charge in [0.15, 0.2) is 6.10 Å². The van der Waals surface area contributed by atoms with Crippen molar-refractivity contribution in [1.82, 2.24) is 5.32 Å². The smallest absolute Gasteiger partial charge is 0.335 e. The maximum absolute atomic E-state index is 12.4. The van der Waals surface area contributed by atoms with Crippen molar-refractivity contribution in [3.8, 4) is 5.75 Å². The Hall–Kier alpha value is -2.73. The van der Waals surface area contributed by atoms with Gasteiger partial charge in [0, 0.05) is 12.5 Å². The monoisotopic (exact) mass is 439 g/mol. The number of carbonyl (C=O) groups excluding carboxylic acids is 2. The van der Waals surface area contributed by atoms with Crippen molar-refractivity contribution in [2.24, 2.45) is 0 Å². The molecule has 2 aliphatic rings. The predicted octanol–water partition coefficient (Wildman–Crippen LogP) is -1.12. The second-order valence-corrected chi connectivity index (χ2v) is 7.49. The van der Waals surface area contributed by atoms with Crippen LogP contribution in [0.25, 0.3) is 0 Å². The molecular formula is C20H25NO10. The lowest BCUT2D eigenvalue weighted by atomic mass is 9.86. The fourth-order valence-corrected chi connectivity index (χ4v) is 3.78. The molecule has 2 fully saturated rings. The van der Waals surface area contributed by atoms with E-state index in [1.807, 2.05) is 0 Å². The van der Waals surface area contributed by atoms with Crippen molar-refractivity contribution in [2.45, 2.75) is 61.9 Å². The zero-order valence-corrected chi connectivity index (χ0v) is 16.7. The molecule has 2 saturated heterocycles. The molecule has 11 heteroatoms. The number of piperidine rings is 1. The summed E-state index contributed by atoms with van der Waals surface area (Å²) >= 11 is 0. The standard InChI is InChI=1S/C20H25NO10/c1-29-19(28)13(11-3-2-4-12(22)21-11)9-5-7-10(8-6-9)30-20-16(25)14(23)15(24)17(31-20)18(26)27/h5-8,11,13-17,20,23-25H,2-4H2,1H3,(H,21,22)(H,26,27). The summed E-state index contributed by atoms with van der Waals surface area (Å²) in [6.07, 6.45) is -6.94. The molecular weight excluding hydrogens is 414 g/mol. The molecule has 5 N–H and O–H groups in total. The number of carboxylic acids is 1. The summed E-state index contributed by atoms with van der Waals surface area (Å²) in [7, 11) is 1.26. The van der Waals surface area contributed by atoms with Crippen LogP contribution < -0.4 is 10.1 Å². The summed E-state index contributed by atoms with van der Waals surface area (Å²) in [5.74, 6) is -2.72. The molecule has 1 amide bonds. The third-order valence-electron chi connectivity index (χ3n) is 5.43. The van der Waals surface area contributed by atoms with E-state index in [-0.39, 0.29) is 11.7 Å². The molecule has 0 aromatic heterocycles. The van der Waals surface area contributed by atoms with E-state index >= 15 is 0 Å². The van der Waals surface area contributed by atoms with Gasteiger partial charge in [0.05, 0.1) is 7.11 Å². The highest BCUT2D eigenvalue weighted by atomic mass is 16.7. The number of methoxy groups -OCH3 is 1. The fraction of sp³-hybridized carbons (Fsp3) is 0.550. The average molecular weight is 439 g/mol. The molecule has 0 aliphatic carbocycles. The molecule has 3 rings (SSSR count). The Kier molecular flexibility index (Phi) is 7.11. The highest BCUT2D eigenvalue weighted by molar-refractivity contribution is 5.82. The van der Waals surface area contributed by atoms with Gasteiger partial charge in [-0.1, -0.05) is 12.1 Å². The van der Waals surface area contributed by atoms with Gasteiger partial charge < -0.3 is 40.0 Å². The molecule has 11 nitrogen and oxygen atoms in total. The van der Waals surface area contributed by atoms with E-state index < -0.39 is 54.6 Å². The van der Waals surface area contributed by atoms with Gasteiger partial charge in [-0.05, 0) is 30.5 Å². The second-order valence-electron chi connectivity index (χ2n) is 7.49. The van der Waals surface area contributed by atoms with Crippen LogP contribution in [0.2, 0.25) is 0 Å². The van der Waals surface area contributed by atoms with E-state index in [1.165, 1.54) is 19.2 Å². The number of ether oxygens (including phenoxy) is 3. The van der Waals surface area contributed by atoms with Crippen molar-refractivity contribution in [2.75, 3.05) is 7.11 Å². The minimum absolute atomic E-state index is 0.137. The van der Waals surface area contributed by atoms with E-state index in [9.17, 15) is 29.7 Å². The quantitative estimate of drug-likeness (QED) is 0.342. The highest BCUT2D eigenvalue weighted by Crippen LogP contribution is 2.30. The minimum Gasteiger partial charge on any atom is -0.479 e. The fourth-order valence-electron chi connectivity index (χ4n) is 3.78. The van der Waals surface area contributed by atoms with Crippen LogP contribution in [0.3, 0.4) is 0 Å². The van der Waals surface area contributed by atoms with Crippen molar-refractivity contribution >= 4 is 17.8 Å². The lowest BCUT2D eigenvalue weighted by Gasteiger charge is -2.38. The van der Waals surface area contributed by atoms with Gasteiger partial charge in [0.2, 0.25) is 12.2 Å². The first-order valence-electron chi connectivity index (χ1n) is 9.79. The molecule has 7 unspecified atom stereocenters. The molecule has 2 aliphatic heterocycles. The molecule has 1 aromatic rings. The topological polar surface area (TPSA) is 172 Å². The number of aliphatic carboxylic acids is 1. The van der Waals surface area contributed by atoms with Gasteiger partial charge >= 0.3 is 11.9 Å². The summed E-state index contributed by atoms with van der Waals surface area (Å²) in [5.41, 5.74) is 0.565. The van der Waals surface area contributed by atoms with E-state index in [0.717, 1.165) is 0 Å². The highest BCUT2D eigenvalue weighted by Gasteiger charge is 2.48. The van der Waals surface area contributed by atoms with Crippen molar-refractivity contribution < 1.29 is 49.0 Å². The molecule has 0 saturated carbocycles. The molecule has 170 valence electrons. The Morgan fingerprint density at radius 3 is 2.39 bits per heavy atom. The van der Waals surface area contributed by atoms with Crippen LogP contribution in [0.5, 0.6) is 5.75 Å². The summed E-state index contributed by atoms with van der Waals surface area (Å²) < 4.78 is 15.4. The van der Waals surface area contributed by atoms with Crippen LogP contribution in [0.1, 0.15) is 30.7 Å².